The van der Waals surface area contributed by atoms with E-state index in [0.29, 0.717) is 0 Å². The van der Waals surface area contributed by atoms with Gasteiger partial charge in [-0.3, -0.25) is 0 Å². The Balaban J connectivity index is 2.26. The molecular weight excluding hydrogens is 174 g/mol. The Morgan fingerprint density at radius 1 is 1.29 bits per heavy atom. The largest absolute Gasteiger partial charge is 0.624 e. The molecule has 1 atom stereocenters. The molecule has 2 nitrogen and oxygen atoms in total. The van der Waals surface area contributed by atoms with E-state index in [2.05, 4.69) is 12.1 Å². The van der Waals surface area contributed by atoms with Crippen molar-refractivity contribution in [2.75, 3.05) is 0 Å². The smallest absolute Gasteiger partial charge is 0.168 e. The van der Waals surface area contributed by atoms with Gasteiger partial charge < -0.3 is 5.21 Å². The van der Waals surface area contributed by atoms with Crippen molar-refractivity contribution >= 4 is 6.21 Å². The Hall–Kier alpha value is -1.31. The zero-order valence-corrected chi connectivity index (χ0v) is 8.60. The van der Waals surface area contributed by atoms with E-state index in [-0.39, 0.29) is 11.5 Å². The van der Waals surface area contributed by atoms with Crippen LogP contribution in [0.4, 0.5) is 0 Å². The molecule has 0 spiro atoms. The molecule has 0 fully saturated rings. The number of benzene rings is 1. The summed E-state index contributed by atoms with van der Waals surface area (Å²) in [5.74, 6) is 0.281. The van der Waals surface area contributed by atoms with Gasteiger partial charge in [0.1, 0.15) is 0 Å². The summed E-state index contributed by atoms with van der Waals surface area (Å²) < 4.78 is 1.09. The predicted octanol–water partition coefficient (Wildman–Crippen LogP) is 2.53. The van der Waals surface area contributed by atoms with E-state index in [1.165, 1.54) is 5.56 Å². The summed E-state index contributed by atoms with van der Waals surface area (Å²) in [7, 11) is 0. The first kappa shape index (κ1) is 9.25. The van der Waals surface area contributed by atoms with Crippen LogP contribution in [0.25, 0.3) is 0 Å². The van der Waals surface area contributed by atoms with E-state index in [4.69, 9.17) is 0 Å². The lowest BCUT2D eigenvalue weighted by molar-refractivity contribution is -0.527. The molecule has 0 radical (unpaired) electrons. The zero-order valence-electron chi connectivity index (χ0n) is 8.60. The third-order valence-corrected chi connectivity index (χ3v) is 2.86. The summed E-state index contributed by atoms with van der Waals surface area (Å²) in [6.07, 6.45) is 2.69. The Kier molecular flexibility index (Phi) is 2.06. The molecule has 0 aliphatic carbocycles. The third kappa shape index (κ3) is 1.52. The molecule has 1 aromatic rings. The molecule has 0 amide bonds. The second kappa shape index (κ2) is 3.12. The lowest BCUT2D eigenvalue weighted by Crippen LogP contribution is -2.27. The highest BCUT2D eigenvalue weighted by Crippen LogP contribution is 2.31. The first-order valence-electron chi connectivity index (χ1n) is 4.96. The molecule has 1 unspecified atom stereocenters. The van der Waals surface area contributed by atoms with E-state index >= 15 is 0 Å². The minimum atomic E-state index is -0.249. The maximum absolute atomic E-state index is 11.5. The van der Waals surface area contributed by atoms with Crippen molar-refractivity contribution in [3.05, 3.63) is 41.1 Å². The van der Waals surface area contributed by atoms with Crippen LogP contribution in [0.3, 0.4) is 0 Å². The molecule has 2 rings (SSSR count). The normalized spacial score (nSPS) is 24.7. The number of hydroxylamine groups is 1. The van der Waals surface area contributed by atoms with Gasteiger partial charge in [-0.05, 0) is 5.56 Å². The van der Waals surface area contributed by atoms with Gasteiger partial charge in [-0.25, -0.2) is 4.74 Å². The van der Waals surface area contributed by atoms with E-state index in [1.807, 2.05) is 32.0 Å². The van der Waals surface area contributed by atoms with Gasteiger partial charge >= 0.3 is 0 Å². The van der Waals surface area contributed by atoms with Crippen LogP contribution >= 0.6 is 0 Å². The molecular formula is C12H15NO. The van der Waals surface area contributed by atoms with Crippen molar-refractivity contribution in [1.29, 1.82) is 0 Å². The fraction of sp³-hybridized carbons (Fsp3) is 0.417. The van der Waals surface area contributed by atoms with Crippen LogP contribution in [0, 0.1) is 5.21 Å². The fourth-order valence-electron chi connectivity index (χ4n) is 1.95. The van der Waals surface area contributed by atoms with Crippen molar-refractivity contribution in [3.63, 3.8) is 0 Å². The molecule has 0 aromatic heterocycles. The van der Waals surface area contributed by atoms with Gasteiger partial charge in [0.15, 0.2) is 11.8 Å². The highest BCUT2D eigenvalue weighted by Gasteiger charge is 2.37. The Labute approximate surface area is 84.5 Å². The van der Waals surface area contributed by atoms with Crippen LogP contribution in [0.2, 0.25) is 0 Å². The first-order valence-corrected chi connectivity index (χ1v) is 4.96. The highest BCUT2D eigenvalue weighted by molar-refractivity contribution is 5.65. The first-order chi connectivity index (χ1) is 6.59. The summed E-state index contributed by atoms with van der Waals surface area (Å²) in [6, 6.07) is 10.2. The Bertz CT molecular complexity index is 354. The van der Waals surface area contributed by atoms with Gasteiger partial charge in [-0.2, -0.15) is 0 Å². The highest BCUT2D eigenvalue weighted by atomic mass is 16.5. The molecule has 1 heterocycles. The standard InChI is InChI=1S/C12H15NO/c1-12(2)8-11(9-13(12)14)10-6-4-3-5-7-10/h3-7,9,11H,8H2,1-2H3. The third-order valence-electron chi connectivity index (χ3n) is 2.86. The fourth-order valence-corrected chi connectivity index (χ4v) is 1.95. The van der Waals surface area contributed by atoms with Gasteiger partial charge in [0, 0.05) is 20.3 Å². The van der Waals surface area contributed by atoms with Gasteiger partial charge in [-0.1, -0.05) is 30.3 Å². The van der Waals surface area contributed by atoms with Crippen LogP contribution in [0.15, 0.2) is 30.3 Å². The molecule has 1 aliphatic heterocycles. The van der Waals surface area contributed by atoms with Crippen molar-refractivity contribution in [2.45, 2.75) is 31.7 Å². The maximum atomic E-state index is 11.5. The number of rotatable bonds is 1. The zero-order chi connectivity index (χ0) is 10.2. The van der Waals surface area contributed by atoms with Gasteiger partial charge in [0.25, 0.3) is 0 Å². The van der Waals surface area contributed by atoms with Crippen LogP contribution in [0.1, 0.15) is 31.7 Å². The Morgan fingerprint density at radius 3 is 2.43 bits per heavy atom. The van der Waals surface area contributed by atoms with Crippen LogP contribution in [-0.4, -0.2) is 16.5 Å². The van der Waals surface area contributed by atoms with Gasteiger partial charge in [0.05, 0.1) is 5.92 Å². The number of hydrogen-bond acceptors (Lipinski definition) is 1. The number of nitrogens with zero attached hydrogens (tertiary/aromatic N) is 1. The quantitative estimate of drug-likeness (QED) is 0.492. The van der Waals surface area contributed by atoms with Crippen LogP contribution < -0.4 is 0 Å². The second-order valence-corrected chi connectivity index (χ2v) is 4.51. The van der Waals surface area contributed by atoms with Crippen LogP contribution in [-0.2, 0) is 0 Å². The summed E-state index contributed by atoms with van der Waals surface area (Å²) in [6.45, 7) is 3.97. The monoisotopic (exact) mass is 189 g/mol. The van der Waals surface area contributed by atoms with Gasteiger partial charge in [-0.15, -0.1) is 0 Å². The lowest BCUT2D eigenvalue weighted by Gasteiger charge is -2.17. The van der Waals surface area contributed by atoms with E-state index in [9.17, 15) is 5.21 Å². The van der Waals surface area contributed by atoms with E-state index in [0.717, 1.165) is 11.2 Å². The topological polar surface area (TPSA) is 26.1 Å². The van der Waals surface area contributed by atoms with Crippen molar-refractivity contribution < 1.29 is 4.74 Å². The molecule has 0 N–H and O–H groups in total. The molecule has 0 bridgehead atoms. The molecule has 74 valence electrons. The molecule has 0 saturated carbocycles. The minimum absolute atomic E-state index is 0.249. The average Bonchev–Trinajstić information content (AvgIpc) is 2.43. The summed E-state index contributed by atoms with van der Waals surface area (Å²) >= 11 is 0. The Morgan fingerprint density at radius 2 is 1.93 bits per heavy atom. The molecule has 1 aromatic carbocycles. The van der Waals surface area contributed by atoms with Crippen molar-refractivity contribution in [1.82, 2.24) is 0 Å². The summed E-state index contributed by atoms with van der Waals surface area (Å²) in [5, 5.41) is 11.5. The number of hydrogen-bond donors (Lipinski definition) is 0. The minimum Gasteiger partial charge on any atom is -0.624 e. The predicted molar refractivity (Wildman–Crippen MR) is 57.6 cm³/mol. The molecule has 2 heteroatoms. The summed E-state index contributed by atoms with van der Waals surface area (Å²) in [4.78, 5) is 0. The van der Waals surface area contributed by atoms with Crippen LogP contribution in [0.5, 0.6) is 0 Å². The molecule has 1 aliphatic rings. The average molecular weight is 189 g/mol. The lowest BCUT2D eigenvalue weighted by atomic mass is 9.91. The van der Waals surface area contributed by atoms with Crippen molar-refractivity contribution in [3.8, 4) is 0 Å². The molecule has 0 saturated heterocycles. The van der Waals surface area contributed by atoms with Crippen molar-refractivity contribution in [2.24, 2.45) is 0 Å². The van der Waals surface area contributed by atoms with Gasteiger partial charge in [0.2, 0.25) is 0 Å². The van der Waals surface area contributed by atoms with E-state index in [1.54, 1.807) is 6.21 Å². The molecule has 14 heavy (non-hydrogen) atoms. The summed E-state index contributed by atoms with van der Waals surface area (Å²) in [5.41, 5.74) is 0.986. The SMILES string of the molecule is CC1(C)CC(c2ccccc2)C=[N+]1[O-]. The van der Waals surface area contributed by atoms with E-state index < -0.39 is 0 Å². The maximum Gasteiger partial charge on any atom is 0.168 e. The second-order valence-electron chi connectivity index (χ2n) is 4.51.